The average molecular weight is 370 g/mol. The van der Waals surface area contributed by atoms with Gasteiger partial charge < -0.3 is 15.1 Å². The van der Waals surface area contributed by atoms with Crippen LogP contribution in [0, 0.1) is 12.8 Å². The molecule has 3 fully saturated rings. The van der Waals surface area contributed by atoms with Crippen LogP contribution in [0.5, 0.6) is 0 Å². The van der Waals surface area contributed by atoms with E-state index >= 15 is 0 Å². The molecule has 0 radical (unpaired) electrons. The minimum Gasteiger partial charge on any atom is -0.342 e. The SMILES string of the molecule is Cc1ccc(N2C[C@H](C(=O)N3CCC4(CC3)NC(=O)NC4=O)CC2=O)cc1. The summed E-state index contributed by atoms with van der Waals surface area (Å²) in [7, 11) is 0. The minimum absolute atomic E-state index is 0.0480. The van der Waals surface area contributed by atoms with Crippen LogP contribution in [-0.2, 0) is 14.4 Å². The van der Waals surface area contributed by atoms with Crippen molar-refractivity contribution in [3.8, 4) is 0 Å². The fourth-order valence-corrected chi connectivity index (χ4v) is 4.09. The third-order valence-corrected chi connectivity index (χ3v) is 5.76. The van der Waals surface area contributed by atoms with Gasteiger partial charge in [-0.2, -0.15) is 0 Å². The molecule has 0 saturated carbocycles. The molecule has 0 bridgehead atoms. The van der Waals surface area contributed by atoms with E-state index in [1.165, 1.54) is 0 Å². The van der Waals surface area contributed by atoms with Crippen LogP contribution in [0.3, 0.4) is 0 Å². The molecule has 3 saturated heterocycles. The Hall–Kier alpha value is -2.90. The molecule has 0 aromatic heterocycles. The lowest BCUT2D eigenvalue weighted by atomic mass is 9.87. The highest BCUT2D eigenvalue weighted by atomic mass is 16.2. The van der Waals surface area contributed by atoms with E-state index in [0.717, 1.165) is 11.3 Å². The van der Waals surface area contributed by atoms with Crippen molar-refractivity contribution < 1.29 is 19.2 Å². The van der Waals surface area contributed by atoms with Crippen molar-refractivity contribution >= 4 is 29.4 Å². The molecule has 2 N–H and O–H groups in total. The number of urea groups is 1. The van der Waals surface area contributed by atoms with Gasteiger partial charge in [-0.3, -0.25) is 19.7 Å². The number of amides is 5. The number of carbonyl (C=O) groups excluding carboxylic acids is 4. The van der Waals surface area contributed by atoms with Gasteiger partial charge in [0, 0.05) is 31.7 Å². The molecule has 3 heterocycles. The summed E-state index contributed by atoms with van der Waals surface area (Å²) in [5.74, 6) is -0.799. The lowest BCUT2D eigenvalue weighted by molar-refractivity contribution is -0.139. The number of imide groups is 1. The van der Waals surface area contributed by atoms with Gasteiger partial charge in [-0.1, -0.05) is 17.7 Å². The second-order valence-corrected chi connectivity index (χ2v) is 7.56. The topological polar surface area (TPSA) is 98.8 Å². The average Bonchev–Trinajstić information content (AvgIpc) is 3.16. The van der Waals surface area contributed by atoms with Crippen molar-refractivity contribution in [2.75, 3.05) is 24.5 Å². The molecule has 0 unspecified atom stereocenters. The van der Waals surface area contributed by atoms with Crippen LogP contribution in [0.2, 0.25) is 0 Å². The molecule has 27 heavy (non-hydrogen) atoms. The minimum atomic E-state index is -0.896. The fourth-order valence-electron chi connectivity index (χ4n) is 4.09. The molecule has 1 atom stereocenters. The Morgan fingerprint density at radius 1 is 1.11 bits per heavy atom. The summed E-state index contributed by atoms with van der Waals surface area (Å²) in [5.41, 5.74) is 1.03. The van der Waals surface area contributed by atoms with Crippen LogP contribution in [0.1, 0.15) is 24.8 Å². The quantitative estimate of drug-likeness (QED) is 0.743. The molecule has 8 nitrogen and oxygen atoms in total. The molecule has 1 aromatic rings. The Morgan fingerprint density at radius 2 is 1.78 bits per heavy atom. The van der Waals surface area contributed by atoms with Crippen molar-refractivity contribution in [2.45, 2.75) is 31.7 Å². The summed E-state index contributed by atoms with van der Waals surface area (Å²) in [6.45, 7) is 3.14. The summed E-state index contributed by atoms with van der Waals surface area (Å²) >= 11 is 0. The lowest BCUT2D eigenvalue weighted by Gasteiger charge is -2.37. The second-order valence-electron chi connectivity index (χ2n) is 7.56. The zero-order valence-corrected chi connectivity index (χ0v) is 15.2. The van der Waals surface area contributed by atoms with Crippen molar-refractivity contribution in [1.29, 1.82) is 0 Å². The fraction of sp³-hybridized carbons (Fsp3) is 0.474. The van der Waals surface area contributed by atoms with Crippen LogP contribution in [0.4, 0.5) is 10.5 Å². The van der Waals surface area contributed by atoms with Gasteiger partial charge >= 0.3 is 6.03 Å². The number of aryl methyl sites for hydroxylation is 1. The molecular formula is C19H22N4O4. The maximum absolute atomic E-state index is 12.9. The second kappa shape index (κ2) is 6.37. The first kappa shape index (κ1) is 17.5. The highest BCUT2D eigenvalue weighted by Gasteiger charge is 2.49. The van der Waals surface area contributed by atoms with Gasteiger partial charge in [0.1, 0.15) is 5.54 Å². The van der Waals surface area contributed by atoms with Crippen molar-refractivity contribution in [3.05, 3.63) is 29.8 Å². The Balaban J connectivity index is 1.39. The standard InChI is InChI=1S/C19H22N4O4/c1-12-2-4-14(5-3-12)23-11-13(10-15(23)24)16(25)22-8-6-19(7-9-22)17(26)20-18(27)21-19/h2-5,13H,6-11H2,1H3,(H2,20,21,26,27)/t13-/m1/s1. The summed E-state index contributed by atoms with van der Waals surface area (Å²) in [6, 6.07) is 7.21. The monoisotopic (exact) mass is 370 g/mol. The summed E-state index contributed by atoms with van der Waals surface area (Å²) in [5, 5.41) is 4.95. The van der Waals surface area contributed by atoms with E-state index in [1.54, 1.807) is 9.80 Å². The maximum atomic E-state index is 12.9. The van der Waals surface area contributed by atoms with E-state index in [2.05, 4.69) is 10.6 Å². The number of nitrogens with zero attached hydrogens (tertiary/aromatic N) is 2. The lowest BCUT2D eigenvalue weighted by Crippen LogP contribution is -2.56. The van der Waals surface area contributed by atoms with Crippen molar-refractivity contribution in [1.82, 2.24) is 15.5 Å². The number of hydrogen-bond acceptors (Lipinski definition) is 4. The van der Waals surface area contributed by atoms with Gasteiger partial charge in [0.05, 0.1) is 5.92 Å². The zero-order chi connectivity index (χ0) is 19.2. The van der Waals surface area contributed by atoms with Crippen LogP contribution in [0.25, 0.3) is 0 Å². The Kier molecular flexibility index (Phi) is 4.13. The van der Waals surface area contributed by atoms with Gasteiger partial charge in [0.2, 0.25) is 11.8 Å². The maximum Gasteiger partial charge on any atom is 0.322 e. The Morgan fingerprint density at radius 3 is 2.37 bits per heavy atom. The van der Waals surface area contributed by atoms with Gasteiger partial charge in [-0.15, -0.1) is 0 Å². The highest BCUT2D eigenvalue weighted by Crippen LogP contribution is 2.30. The number of hydrogen-bond donors (Lipinski definition) is 2. The predicted octanol–water partition coefficient (Wildman–Crippen LogP) is 0.549. The molecule has 4 rings (SSSR count). The first-order valence-electron chi connectivity index (χ1n) is 9.17. The van der Waals surface area contributed by atoms with Crippen LogP contribution in [-0.4, -0.2) is 53.8 Å². The molecule has 3 aliphatic heterocycles. The van der Waals surface area contributed by atoms with Crippen molar-refractivity contribution in [2.24, 2.45) is 5.92 Å². The molecule has 142 valence electrons. The van der Waals surface area contributed by atoms with E-state index < -0.39 is 11.6 Å². The number of benzene rings is 1. The largest absolute Gasteiger partial charge is 0.342 e. The number of likely N-dealkylation sites (tertiary alicyclic amines) is 1. The third-order valence-electron chi connectivity index (χ3n) is 5.76. The molecule has 5 amide bonds. The molecule has 3 aliphatic rings. The molecule has 8 heteroatoms. The van der Waals surface area contributed by atoms with E-state index in [1.807, 2.05) is 31.2 Å². The van der Waals surface area contributed by atoms with Crippen LogP contribution < -0.4 is 15.5 Å². The zero-order valence-electron chi connectivity index (χ0n) is 15.2. The predicted molar refractivity (Wildman–Crippen MR) is 96.9 cm³/mol. The summed E-state index contributed by atoms with van der Waals surface area (Å²) < 4.78 is 0. The van der Waals surface area contributed by atoms with E-state index in [0.29, 0.717) is 32.5 Å². The van der Waals surface area contributed by atoms with E-state index in [-0.39, 0.29) is 30.1 Å². The number of carbonyl (C=O) groups is 4. The third kappa shape index (κ3) is 3.05. The van der Waals surface area contributed by atoms with Gasteiger partial charge in [0.25, 0.3) is 5.91 Å². The molecular weight excluding hydrogens is 348 g/mol. The Labute approximate surface area is 156 Å². The first-order valence-corrected chi connectivity index (χ1v) is 9.17. The number of piperidine rings is 1. The smallest absolute Gasteiger partial charge is 0.322 e. The normalized spacial score (nSPS) is 24.3. The van der Waals surface area contributed by atoms with Gasteiger partial charge in [-0.25, -0.2) is 4.79 Å². The van der Waals surface area contributed by atoms with Crippen LogP contribution in [0.15, 0.2) is 24.3 Å². The van der Waals surface area contributed by atoms with Gasteiger partial charge in [0.15, 0.2) is 0 Å². The van der Waals surface area contributed by atoms with Crippen LogP contribution >= 0.6 is 0 Å². The van der Waals surface area contributed by atoms with E-state index in [9.17, 15) is 19.2 Å². The Bertz CT molecular complexity index is 812. The van der Waals surface area contributed by atoms with E-state index in [4.69, 9.17) is 0 Å². The molecule has 1 aromatic carbocycles. The number of anilines is 1. The summed E-state index contributed by atoms with van der Waals surface area (Å²) in [4.78, 5) is 52.1. The number of rotatable bonds is 2. The molecule has 1 spiro atoms. The first-order chi connectivity index (χ1) is 12.9. The molecule has 0 aliphatic carbocycles. The number of nitrogens with one attached hydrogen (secondary N) is 2. The van der Waals surface area contributed by atoms with Crippen molar-refractivity contribution in [3.63, 3.8) is 0 Å². The van der Waals surface area contributed by atoms with Gasteiger partial charge in [-0.05, 0) is 31.9 Å². The highest BCUT2D eigenvalue weighted by molar-refractivity contribution is 6.07. The summed E-state index contributed by atoms with van der Waals surface area (Å²) in [6.07, 6.45) is 0.975.